The Kier molecular flexibility index (Phi) is 3.96. The molecule has 0 bridgehead atoms. The molecule has 1 rings (SSSR count). The Morgan fingerprint density at radius 1 is 1.43 bits per heavy atom. The van der Waals surface area contributed by atoms with Crippen LogP contribution < -0.4 is 0 Å². The van der Waals surface area contributed by atoms with Crippen molar-refractivity contribution in [1.29, 1.82) is 0 Å². The van der Waals surface area contributed by atoms with E-state index in [2.05, 4.69) is 13.8 Å². The minimum absolute atomic E-state index is 0.318. The average molecular weight is 194 g/mol. The lowest BCUT2D eigenvalue weighted by Gasteiger charge is -2.11. The zero-order valence-corrected chi connectivity index (χ0v) is 9.08. The first-order valence-corrected chi connectivity index (χ1v) is 4.99. The smallest absolute Gasteiger partial charge is 0.121 e. The lowest BCUT2D eigenvalue weighted by molar-refractivity contribution is 0.182. The third-order valence-corrected chi connectivity index (χ3v) is 2.58. The normalized spacial score (nSPS) is 12.8. The predicted octanol–water partition coefficient (Wildman–Crippen LogP) is 3.05. The van der Waals surface area contributed by atoms with Crippen molar-refractivity contribution >= 4 is 0 Å². The summed E-state index contributed by atoms with van der Waals surface area (Å²) in [7, 11) is 1.63. The van der Waals surface area contributed by atoms with Crippen molar-refractivity contribution in [2.45, 2.75) is 32.8 Å². The number of benzene rings is 1. The van der Waals surface area contributed by atoms with E-state index in [-0.39, 0.29) is 0 Å². The molecule has 78 valence electrons. The molecular formula is C12H18O2. The van der Waals surface area contributed by atoms with Crippen LogP contribution >= 0.6 is 0 Å². The second-order valence-electron chi connectivity index (χ2n) is 3.63. The van der Waals surface area contributed by atoms with Crippen molar-refractivity contribution in [1.82, 2.24) is 0 Å². The number of methoxy groups -OCH3 is 1. The van der Waals surface area contributed by atoms with Gasteiger partial charge >= 0.3 is 0 Å². The summed E-state index contributed by atoms with van der Waals surface area (Å²) >= 11 is 0. The van der Waals surface area contributed by atoms with E-state index in [4.69, 9.17) is 4.74 Å². The highest BCUT2D eigenvalue weighted by atomic mass is 16.5. The molecule has 0 heterocycles. The molecule has 0 aliphatic carbocycles. The summed E-state index contributed by atoms with van der Waals surface area (Å²) in [5.74, 6) is 0.852. The Hall–Kier alpha value is -1.02. The fourth-order valence-electron chi connectivity index (χ4n) is 1.42. The van der Waals surface area contributed by atoms with Crippen LogP contribution in [0.5, 0.6) is 5.75 Å². The molecule has 2 heteroatoms. The summed E-state index contributed by atoms with van der Waals surface area (Å²) in [6.07, 6.45) is 1.11. The highest BCUT2D eigenvalue weighted by Gasteiger charge is 2.06. The SMILES string of the molecule is CCC(C)c1ccc(O)c(COC)c1. The van der Waals surface area contributed by atoms with Gasteiger partial charge in [-0.25, -0.2) is 0 Å². The van der Waals surface area contributed by atoms with Crippen molar-refractivity contribution in [2.24, 2.45) is 0 Å². The standard InChI is InChI=1S/C12H18O2/c1-4-9(2)10-5-6-12(13)11(7-10)8-14-3/h5-7,9,13H,4,8H2,1-3H3. The summed E-state index contributed by atoms with van der Waals surface area (Å²) in [6, 6.07) is 5.74. The summed E-state index contributed by atoms with van der Waals surface area (Å²) < 4.78 is 5.02. The van der Waals surface area contributed by atoms with E-state index in [1.165, 1.54) is 5.56 Å². The van der Waals surface area contributed by atoms with Gasteiger partial charge < -0.3 is 9.84 Å². The molecule has 1 N–H and O–H groups in total. The Balaban J connectivity index is 2.93. The van der Waals surface area contributed by atoms with Crippen LogP contribution in [0.25, 0.3) is 0 Å². The molecule has 14 heavy (non-hydrogen) atoms. The Bertz CT molecular complexity index is 294. The number of rotatable bonds is 4. The van der Waals surface area contributed by atoms with Crippen LogP contribution in [-0.4, -0.2) is 12.2 Å². The van der Waals surface area contributed by atoms with Gasteiger partial charge in [-0.05, 0) is 30.0 Å². The van der Waals surface area contributed by atoms with Gasteiger partial charge in [0.2, 0.25) is 0 Å². The fourth-order valence-corrected chi connectivity index (χ4v) is 1.42. The minimum Gasteiger partial charge on any atom is -0.508 e. The third-order valence-electron chi connectivity index (χ3n) is 2.58. The summed E-state index contributed by atoms with van der Waals surface area (Å²) in [5, 5.41) is 9.54. The monoisotopic (exact) mass is 194 g/mol. The van der Waals surface area contributed by atoms with Crippen LogP contribution in [0.4, 0.5) is 0 Å². The number of phenolic OH excluding ortho intramolecular Hbond substituents is 1. The molecule has 0 saturated heterocycles. The first-order valence-electron chi connectivity index (χ1n) is 4.99. The first kappa shape index (κ1) is 11.1. The molecule has 1 atom stereocenters. The fraction of sp³-hybridized carbons (Fsp3) is 0.500. The molecule has 0 amide bonds. The van der Waals surface area contributed by atoms with Crippen LogP contribution in [0.1, 0.15) is 37.3 Å². The predicted molar refractivity (Wildman–Crippen MR) is 57.5 cm³/mol. The first-order chi connectivity index (χ1) is 6.69. The van der Waals surface area contributed by atoms with Gasteiger partial charge in [0.1, 0.15) is 5.75 Å². The van der Waals surface area contributed by atoms with Crippen molar-refractivity contribution in [2.75, 3.05) is 7.11 Å². The average Bonchev–Trinajstić information content (AvgIpc) is 2.20. The Morgan fingerprint density at radius 2 is 2.14 bits per heavy atom. The maximum absolute atomic E-state index is 9.54. The highest BCUT2D eigenvalue weighted by Crippen LogP contribution is 2.25. The third kappa shape index (κ3) is 2.48. The molecule has 0 aliphatic rings. The van der Waals surface area contributed by atoms with E-state index in [0.717, 1.165) is 12.0 Å². The van der Waals surface area contributed by atoms with Gasteiger partial charge in [-0.15, -0.1) is 0 Å². The number of hydrogen-bond donors (Lipinski definition) is 1. The van der Waals surface area contributed by atoms with E-state index in [1.54, 1.807) is 13.2 Å². The highest BCUT2D eigenvalue weighted by molar-refractivity contribution is 5.36. The summed E-state index contributed by atoms with van der Waals surface area (Å²) in [5.41, 5.74) is 2.13. The van der Waals surface area contributed by atoms with E-state index < -0.39 is 0 Å². The Morgan fingerprint density at radius 3 is 2.71 bits per heavy atom. The lowest BCUT2D eigenvalue weighted by Crippen LogP contribution is -1.95. The van der Waals surface area contributed by atoms with Gasteiger partial charge in [-0.3, -0.25) is 0 Å². The molecule has 2 nitrogen and oxygen atoms in total. The summed E-state index contributed by atoms with van der Waals surface area (Å²) in [6.45, 7) is 4.81. The largest absolute Gasteiger partial charge is 0.508 e. The second kappa shape index (κ2) is 5.01. The minimum atomic E-state index is 0.318. The van der Waals surface area contributed by atoms with Crippen LogP contribution in [-0.2, 0) is 11.3 Å². The van der Waals surface area contributed by atoms with Crippen molar-refractivity contribution in [3.63, 3.8) is 0 Å². The van der Waals surface area contributed by atoms with Gasteiger partial charge in [-0.1, -0.05) is 19.9 Å². The Labute approximate surface area is 85.5 Å². The number of ether oxygens (including phenoxy) is 1. The maximum Gasteiger partial charge on any atom is 0.121 e. The molecule has 1 unspecified atom stereocenters. The van der Waals surface area contributed by atoms with Crippen LogP contribution in [0.2, 0.25) is 0 Å². The van der Waals surface area contributed by atoms with Gasteiger partial charge in [0.05, 0.1) is 6.61 Å². The topological polar surface area (TPSA) is 29.5 Å². The van der Waals surface area contributed by atoms with E-state index >= 15 is 0 Å². The van der Waals surface area contributed by atoms with E-state index in [0.29, 0.717) is 18.3 Å². The maximum atomic E-state index is 9.54. The zero-order chi connectivity index (χ0) is 10.6. The number of hydrogen-bond acceptors (Lipinski definition) is 2. The van der Waals surface area contributed by atoms with E-state index in [1.807, 2.05) is 12.1 Å². The van der Waals surface area contributed by atoms with Gasteiger partial charge in [-0.2, -0.15) is 0 Å². The van der Waals surface area contributed by atoms with Crippen LogP contribution in [0.3, 0.4) is 0 Å². The molecule has 1 aromatic carbocycles. The van der Waals surface area contributed by atoms with Gasteiger partial charge in [0, 0.05) is 12.7 Å². The van der Waals surface area contributed by atoms with Crippen molar-refractivity contribution in [3.05, 3.63) is 29.3 Å². The number of phenols is 1. The molecule has 0 radical (unpaired) electrons. The van der Waals surface area contributed by atoms with Gasteiger partial charge in [0.25, 0.3) is 0 Å². The van der Waals surface area contributed by atoms with Crippen molar-refractivity contribution in [3.8, 4) is 5.75 Å². The molecular weight excluding hydrogens is 176 g/mol. The van der Waals surface area contributed by atoms with E-state index in [9.17, 15) is 5.11 Å². The van der Waals surface area contributed by atoms with Crippen molar-refractivity contribution < 1.29 is 9.84 Å². The van der Waals surface area contributed by atoms with Gasteiger partial charge in [0.15, 0.2) is 0 Å². The summed E-state index contributed by atoms with van der Waals surface area (Å²) in [4.78, 5) is 0. The molecule has 0 aromatic heterocycles. The molecule has 1 aromatic rings. The lowest BCUT2D eigenvalue weighted by atomic mass is 9.97. The van der Waals surface area contributed by atoms with Crippen LogP contribution in [0.15, 0.2) is 18.2 Å². The molecule has 0 saturated carbocycles. The van der Waals surface area contributed by atoms with Crippen LogP contribution in [0, 0.1) is 0 Å². The quantitative estimate of drug-likeness (QED) is 0.798. The second-order valence-corrected chi connectivity index (χ2v) is 3.63. The molecule has 0 fully saturated rings. The number of aromatic hydroxyl groups is 1. The molecule has 0 spiro atoms. The zero-order valence-electron chi connectivity index (χ0n) is 9.08. The molecule has 0 aliphatic heterocycles.